The quantitative estimate of drug-likeness (QED) is 0.204. The number of hydrogen-bond acceptors (Lipinski definition) is 2. The Bertz CT molecular complexity index is 1540. The minimum Gasteiger partial charge on any atom is -0.312 e. The summed E-state index contributed by atoms with van der Waals surface area (Å²) < 4.78 is 41.6. The van der Waals surface area contributed by atoms with Gasteiger partial charge in [0.1, 0.15) is 0 Å². The molecule has 0 saturated heterocycles. The minimum atomic E-state index is -4.42. The van der Waals surface area contributed by atoms with Crippen LogP contribution in [0.15, 0.2) is 101 Å². The van der Waals surface area contributed by atoms with Crippen LogP contribution in [0, 0.1) is 0 Å². The lowest BCUT2D eigenvalue weighted by Crippen LogP contribution is -2.16. The molecule has 8 heteroatoms. The highest BCUT2D eigenvalue weighted by Gasteiger charge is 2.30. The lowest BCUT2D eigenvalue weighted by Gasteiger charge is -2.11. The van der Waals surface area contributed by atoms with Crippen molar-refractivity contribution in [2.45, 2.75) is 12.7 Å². The van der Waals surface area contributed by atoms with E-state index in [0.29, 0.717) is 16.4 Å². The SMILES string of the molecule is Br.FC(F)(F)c1cccc(N=c2scc(-c3ccc4ccccc4c3)n2Cc2ccc(Cl)cc2)c1. The molecule has 0 aliphatic rings. The van der Waals surface area contributed by atoms with Crippen molar-refractivity contribution >= 4 is 56.4 Å². The van der Waals surface area contributed by atoms with Crippen molar-refractivity contribution in [1.82, 2.24) is 4.57 Å². The van der Waals surface area contributed by atoms with Gasteiger partial charge in [0, 0.05) is 10.4 Å². The van der Waals surface area contributed by atoms with Gasteiger partial charge in [-0.2, -0.15) is 13.2 Å². The second-order valence-corrected chi connectivity index (χ2v) is 9.11. The first kappa shape index (κ1) is 25.2. The third-order valence-electron chi connectivity index (χ3n) is 5.50. The fourth-order valence-electron chi connectivity index (χ4n) is 3.79. The first-order valence-corrected chi connectivity index (χ1v) is 11.8. The van der Waals surface area contributed by atoms with Crippen LogP contribution in [0.5, 0.6) is 0 Å². The number of benzene rings is 4. The average molecular weight is 576 g/mol. The fourth-order valence-corrected chi connectivity index (χ4v) is 4.84. The molecule has 178 valence electrons. The highest BCUT2D eigenvalue weighted by atomic mass is 79.9. The van der Waals surface area contributed by atoms with Crippen LogP contribution in [0.3, 0.4) is 0 Å². The zero-order valence-electron chi connectivity index (χ0n) is 18.2. The smallest absolute Gasteiger partial charge is 0.312 e. The number of aromatic nitrogens is 1. The second-order valence-electron chi connectivity index (χ2n) is 7.84. The fraction of sp³-hybridized carbons (Fsp3) is 0.0741. The van der Waals surface area contributed by atoms with Gasteiger partial charge >= 0.3 is 6.18 Å². The van der Waals surface area contributed by atoms with Gasteiger partial charge in [-0.1, -0.05) is 66.2 Å². The molecule has 0 radical (unpaired) electrons. The van der Waals surface area contributed by atoms with Gasteiger partial charge in [0.05, 0.1) is 23.5 Å². The minimum absolute atomic E-state index is 0. The number of hydrogen-bond donors (Lipinski definition) is 0. The summed E-state index contributed by atoms with van der Waals surface area (Å²) >= 11 is 7.45. The number of rotatable bonds is 4. The molecule has 0 atom stereocenters. The van der Waals surface area contributed by atoms with Crippen LogP contribution in [0.25, 0.3) is 22.0 Å². The standard InChI is InChI=1S/C27H18ClF3N2S.BrH/c28-23-12-8-18(9-13-23)16-33-25(21-11-10-19-4-1-2-5-20(19)14-21)17-34-26(33)32-24-7-3-6-22(15-24)27(29,30)31;/h1-15,17H,16H2;1H. The van der Waals surface area contributed by atoms with Gasteiger partial charge in [-0.15, -0.1) is 28.3 Å². The molecule has 0 bridgehead atoms. The Morgan fingerprint density at radius 3 is 2.31 bits per heavy atom. The summed E-state index contributed by atoms with van der Waals surface area (Å²) in [5.74, 6) is 0. The second kappa shape index (κ2) is 10.4. The predicted octanol–water partition coefficient (Wildman–Crippen LogP) is 8.90. The van der Waals surface area contributed by atoms with Gasteiger partial charge in [0.15, 0.2) is 4.80 Å². The van der Waals surface area contributed by atoms with Crippen molar-refractivity contribution in [3.05, 3.63) is 117 Å². The van der Waals surface area contributed by atoms with Crippen LogP contribution >= 0.6 is 39.9 Å². The zero-order chi connectivity index (χ0) is 23.7. The van der Waals surface area contributed by atoms with Crippen molar-refractivity contribution < 1.29 is 13.2 Å². The van der Waals surface area contributed by atoms with Crippen LogP contribution in [0.1, 0.15) is 11.1 Å². The van der Waals surface area contributed by atoms with E-state index in [1.54, 1.807) is 6.07 Å². The topological polar surface area (TPSA) is 17.3 Å². The third kappa shape index (κ3) is 5.69. The summed E-state index contributed by atoms with van der Waals surface area (Å²) in [4.78, 5) is 5.20. The Labute approximate surface area is 219 Å². The lowest BCUT2D eigenvalue weighted by atomic mass is 10.1. The highest BCUT2D eigenvalue weighted by Crippen LogP contribution is 2.31. The Hall–Kier alpha value is -2.87. The first-order chi connectivity index (χ1) is 16.4. The van der Waals surface area contributed by atoms with E-state index >= 15 is 0 Å². The molecule has 35 heavy (non-hydrogen) atoms. The maximum Gasteiger partial charge on any atom is 0.416 e. The first-order valence-electron chi connectivity index (χ1n) is 10.5. The number of thiazole rings is 1. The van der Waals surface area contributed by atoms with E-state index in [1.807, 2.05) is 46.3 Å². The molecule has 0 unspecified atom stereocenters. The summed E-state index contributed by atoms with van der Waals surface area (Å²) in [6, 6.07) is 26.9. The van der Waals surface area contributed by atoms with Crippen LogP contribution in [-0.4, -0.2) is 4.57 Å². The van der Waals surface area contributed by atoms with Crippen molar-refractivity contribution in [1.29, 1.82) is 0 Å². The number of nitrogens with zero attached hydrogens (tertiary/aromatic N) is 2. The van der Waals surface area contributed by atoms with Crippen molar-refractivity contribution in [3.63, 3.8) is 0 Å². The molecular weight excluding hydrogens is 557 g/mol. The largest absolute Gasteiger partial charge is 0.416 e. The molecule has 0 amide bonds. The van der Waals surface area contributed by atoms with E-state index in [0.717, 1.165) is 39.7 Å². The molecule has 0 saturated carbocycles. The molecule has 0 aliphatic heterocycles. The lowest BCUT2D eigenvalue weighted by molar-refractivity contribution is -0.137. The average Bonchev–Trinajstić information content (AvgIpc) is 3.21. The Kier molecular flexibility index (Phi) is 7.50. The molecule has 1 aromatic heterocycles. The van der Waals surface area contributed by atoms with Gasteiger partial charge in [-0.05, 0) is 58.3 Å². The molecule has 1 heterocycles. The molecule has 2 nitrogen and oxygen atoms in total. The van der Waals surface area contributed by atoms with E-state index in [9.17, 15) is 13.2 Å². The summed E-state index contributed by atoms with van der Waals surface area (Å²) in [7, 11) is 0. The maximum absolute atomic E-state index is 13.2. The summed E-state index contributed by atoms with van der Waals surface area (Å²) in [6.07, 6.45) is -4.42. The van der Waals surface area contributed by atoms with E-state index in [2.05, 4.69) is 35.3 Å². The summed E-state index contributed by atoms with van der Waals surface area (Å²) in [6.45, 7) is 0.501. The van der Waals surface area contributed by atoms with Gasteiger partial charge in [-0.3, -0.25) is 0 Å². The van der Waals surface area contributed by atoms with Crippen molar-refractivity contribution in [2.24, 2.45) is 4.99 Å². The zero-order valence-corrected chi connectivity index (χ0v) is 21.5. The van der Waals surface area contributed by atoms with Gasteiger partial charge in [0.25, 0.3) is 0 Å². The van der Waals surface area contributed by atoms with Crippen LogP contribution in [-0.2, 0) is 12.7 Å². The monoisotopic (exact) mass is 574 g/mol. The highest BCUT2D eigenvalue weighted by molar-refractivity contribution is 8.93. The van der Waals surface area contributed by atoms with Gasteiger partial charge in [0.2, 0.25) is 0 Å². The molecular formula is C27H19BrClF3N2S. The van der Waals surface area contributed by atoms with Gasteiger partial charge < -0.3 is 4.57 Å². The normalized spacial score (nSPS) is 12.1. The Morgan fingerprint density at radius 1 is 0.829 bits per heavy atom. The van der Waals surface area contributed by atoms with Crippen molar-refractivity contribution in [2.75, 3.05) is 0 Å². The Balaban J connectivity index is 0.00000289. The molecule has 5 rings (SSSR count). The van der Waals surface area contributed by atoms with E-state index in [1.165, 1.54) is 17.4 Å². The van der Waals surface area contributed by atoms with Crippen molar-refractivity contribution in [3.8, 4) is 11.3 Å². The van der Waals surface area contributed by atoms with Crippen LogP contribution < -0.4 is 4.80 Å². The number of alkyl halides is 3. The van der Waals surface area contributed by atoms with Crippen LogP contribution in [0.4, 0.5) is 18.9 Å². The molecule has 0 fully saturated rings. The molecule has 0 N–H and O–H groups in total. The number of halogens is 5. The summed E-state index contributed by atoms with van der Waals surface area (Å²) in [5.41, 5.74) is 2.50. The van der Waals surface area contributed by atoms with Gasteiger partial charge in [-0.25, -0.2) is 4.99 Å². The molecule has 5 aromatic rings. The molecule has 0 aliphatic carbocycles. The maximum atomic E-state index is 13.2. The van der Waals surface area contributed by atoms with E-state index < -0.39 is 11.7 Å². The predicted molar refractivity (Wildman–Crippen MR) is 143 cm³/mol. The number of fused-ring (bicyclic) bond motifs is 1. The van der Waals surface area contributed by atoms with E-state index in [4.69, 9.17) is 11.6 Å². The van der Waals surface area contributed by atoms with Crippen LogP contribution in [0.2, 0.25) is 5.02 Å². The third-order valence-corrected chi connectivity index (χ3v) is 6.61. The molecule has 4 aromatic carbocycles. The molecule has 0 spiro atoms. The Morgan fingerprint density at radius 2 is 1.57 bits per heavy atom. The summed E-state index contributed by atoms with van der Waals surface area (Å²) in [5, 5.41) is 4.88. The van der Waals surface area contributed by atoms with E-state index in [-0.39, 0.29) is 22.7 Å².